The zero-order valence-corrected chi connectivity index (χ0v) is 10.0. The smallest absolute Gasteiger partial charge is 0.298 e. The van der Waals surface area contributed by atoms with Crippen molar-refractivity contribution in [3.8, 4) is 11.5 Å². The van der Waals surface area contributed by atoms with Gasteiger partial charge in [-0.3, -0.25) is 4.55 Å². The molecule has 3 N–H and O–H groups in total. The van der Waals surface area contributed by atoms with Gasteiger partial charge in [0.15, 0.2) is 0 Å². The van der Waals surface area contributed by atoms with Gasteiger partial charge in [-0.25, -0.2) is 0 Å². The number of benzene rings is 1. The lowest BCUT2D eigenvalue weighted by molar-refractivity contribution is 0.412. The van der Waals surface area contributed by atoms with Crippen molar-refractivity contribution < 1.29 is 23.2 Å². The van der Waals surface area contributed by atoms with Crippen LogP contribution in [0.15, 0.2) is 17.0 Å². The van der Waals surface area contributed by atoms with Crippen LogP contribution in [0.25, 0.3) is 0 Å². The van der Waals surface area contributed by atoms with Gasteiger partial charge >= 0.3 is 0 Å². The van der Waals surface area contributed by atoms with Gasteiger partial charge in [0.25, 0.3) is 10.1 Å². The van der Waals surface area contributed by atoms with Crippen molar-refractivity contribution in [3.05, 3.63) is 17.7 Å². The van der Waals surface area contributed by atoms with E-state index in [4.69, 9.17) is 4.55 Å². The maximum atomic E-state index is 11.0. The third kappa shape index (κ3) is 2.45. The molecular formula is C10H14O5S. The normalized spacial score (nSPS) is 12.8. The third-order valence-corrected chi connectivity index (χ3v) is 3.01. The lowest BCUT2D eigenvalue weighted by atomic mass is 9.86. The molecule has 0 amide bonds. The molecule has 0 radical (unpaired) electrons. The molecule has 0 aromatic heterocycles. The summed E-state index contributed by atoms with van der Waals surface area (Å²) in [5, 5.41) is 19.1. The Hall–Kier alpha value is -1.27. The Kier molecular flexibility index (Phi) is 2.91. The SMILES string of the molecule is CC(C)(C)c1cc(O)cc(S(=O)(=O)O)c1O. The number of aromatic hydroxyl groups is 2. The van der Waals surface area contributed by atoms with Crippen LogP contribution in [0.3, 0.4) is 0 Å². The van der Waals surface area contributed by atoms with Crippen molar-refractivity contribution in [1.82, 2.24) is 0 Å². The lowest BCUT2D eigenvalue weighted by Crippen LogP contribution is -2.13. The predicted octanol–water partition coefficient (Wildman–Crippen LogP) is 1.64. The number of hydrogen-bond donors (Lipinski definition) is 3. The van der Waals surface area contributed by atoms with Crippen LogP contribution in [0, 0.1) is 0 Å². The quantitative estimate of drug-likeness (QED) is 0.517. The summed E-state index contributed by atoms with van der Waals surface area (Å²) in [5.41, 5.74) is -0.303. The molecule has 0 atom stereocenters. The largest absolute Gasteiger partial charge is 0.508 e. The van der Waals surface area contributed by atoms with Gasteiger partial charge in [-0.2, -0.15) is 8.42 Å². The molecule has 0 fully saturated rings. The Morgan fingerprint density at radius 2 is 1.62 bits per heavy atom. The van der Waals surface area contributed by atoms with E-state index in [9.17, 15) is 18.6 Å². The van der Waals surface area contributed by atoms with E-state index in [1.807, 2.05) is 0 Å². The predicted molar refractivity (Wildman–Crippen MR) is 58.3 cm³/mol. The van der Waals surface area contributed by atoms with Crippen molar-refractivity contribution in [2.75, 3.05) is 0 Å². The van der Waals surface area contributed by atoms with Crippen molar-refractivity contribution in [2.45, 2.75) is 31.1 Å². The van der Waals surface area contributed by atoms with Crippen LogP contribution in [-0.2, 0) is 15.5 Å². The third-order valence-electron chi connectivity index (χ3n) is 2.15. The van der Waals surface area contributed by atoms with E-state index in [1.165, 1.54) is 6.07 Å². The molecule has 0 spiro atoms. The maximum Gasteiger partial charge on any atom is 0.298 e. The van der Waals surface area contributed by atoms with Crippen LogP contribution in [0.2, 0.25) is 0 Å². The first-order valence-corrected chi connectivity index (χ1v) is 6.01. The molecule has 0 aliphatic carbocycles. The highest BCUT2D eigenvalue weighted by Gasteiger charge is 2.26. The van der Waals surface area contributed by atoms with Gasteiger partial charge in [0.1, 0.15) is 16.4 Å². The molecule has 1 aromatic carbocycles. The van der Waals surface area contributed by atoms with E-state index in [1.54, 1.807) is 20.8 Å². The highest BCUT2D eigenvalue weighted by molar-refractivity contribution is 7.86. The monoisotopic (exact) mass is 246 g/mol. The highest BCUT2D eigenvalue weighted by atomic mass is 32.2. The Morgan fingerprint density at radius 3 is 2.00 bits per heavy atom. The van der Waals surface area contributed by atoms with Gasteiger partial charge in [-0.1, -0.05) is 20.8 Å². The second-order valence-electron chi connectivity index (χ2n) is 4.57. The first-order valence-electron chi connectivity index (χ1n) is 4.57. The number of phenolic OH excluding ortho intramolecular Hbond substituents is 2. The number of hydrogen-bond acceptors (Lipinski definition) is 4. The number of rotatable bonds is 1. The molecule has 0 saturated carbocycles. The summed E-state index contributed by atoms with van der Waals surface area (Å²) in [4.78, 5) is -0.683. The van der Waals surface area contributed by atoms with E-state index in [2.05, 4.69) is 0 Å². The Labute approximate surface area is 94.1 Å². The molecule has 0 aliphatic heterocycles. The second-order valence-corrected chi connectivity index (χ2v) is 5.96. The van der Waals surface area contributed by atoms with Crippen molar-refractivity contribution in [3.63, 3.8) is 0 Å². The molecule has 0 unspecified atom stereocenters. The summed E-state index contributed by atoms with van der Waals surface area (Å²) in [5.74, 6) is -0.858. The molecule has 0 bridgehead atoms. The van der Waals surface area contributed by atoms with Crippen LogP contribution in [0.4, 0.5) is 0 Å². The van der Waals surface area contributed by atoms with E-state index in [0.29, 0.717) is 0 Å². The maximum absolute atomic E-state index is 11.0. The minimum absolute atomic E-state index is 0.250. The fraction of sp³-hybridized carbons (Fsp3) is 0.400. The van der Waals surface area contributed by atoms with Gasteiger partial charge in [0.2, 0.25) is 0 Å². The molecular weight excluding hydrogens is 232 g/mol. The average molecular weight is 246 g/mol. The molecule has 90 valence electrons. The zero-order chi connectivity index (χ0) is 12.7. The minimum atomic E-state index is -4.55. The van der Waals surface area contributed by atoms with Crippen molar-refractivity contribution in [1.29, 1.82) is 0 Å². The molecule has 0 saturated heterocycles. The summed E-state index contributed by atoms with van der Waals surface area (Å²) in [6, 6.07) is 2.07. The fourth-order valence-corrected chi connectivity index (χ4v) is 1.99. The summed E-state index contributed by atoms with van der Waals surface area (Å²) in [6.45, 7) is 5.24. The molecule has 5 nitrogen and oxygen atoms in total. The first kappa shape index (κ1) is 12.8. The molecule has 16 heavy (non-hydrogen) atoms. The standard InChI is InChI=1S/C10H14O5S/c1-10(2,3)7-4-6(11)5-8(9(7)12)16(13,14)15/h4-5,11-12H,1-3H3,(H,13,14,15). The van der Waals surface area contributed by atoms with Gasteiger partial charge in [-0.05, 0) is 11.5 Å². The Balaban J connectivity index is 3.64. The fourth-order valence-electron chi connectivity index (χ4n) is 1.36. The van der Waals surface area contributed by atoms with Gasteiger partial charge < -0.3 is 10.2 Å². The van der Waals surface area contributed by atoms with E-state index in [-0.39, 0.29) is 11.3 Å². The van der Waals surface area contributed by atoms with Crippen LogP contribution in [0.1, 0.15) is 26.3 Å². The molecule has 1 aromatic rings. The molecule has 6 heteroatoms. The van der Waals surface area contributed by atoms with Gasteiger partial charge in [0, 0.05) is 11.6 Å². The van der Waals surface area contributed by atoms with Gasteiger partial charge in [-0.15, -0.1) is 0 Å². The minimum Gasteiger partial charge on any atom is -0.508 e. The van der Waals surface area contributed by atoms with E-state index in [0.717, 1.165) is 6.07 Å². The highest BCUT2D eigenvalue weighted by Crippen LogP contribution is 2.38. The van der Waals surface area contributed by atoms with Crippen LogP contribution in [0.5, 0.6) is 11.5 Å². The second kappa shape index (κ2) is 3.64. The number of phenols is 2. The van der Waals surface area contributed by atoms with Crippen molar-refractivity contribution >= 4 is 10.1 Å². The Morgan fingerprint density at radius 1 is 1.12 bits per heavy atom. The summed E-state index contributed by atoms with van der Waals surface area (Å²) in [7, 11) is -4.55. The van der Waals surface area contributed by atoms with Gasteiger partial charge in [0.05, 0.1) is 0 Å². The molecule has 1 rings (SSSR count). The first-order chi connectivity index (χ1) is 7.03. The summed E-state index contributed by atoms with van der Waals surface area (Å²) < 4.78 is 30.8. The van der Waals surface area contributed by atoms with Crippen LogP contribution < -0.4 is 0 Å². The van der Waals surface area contributed by atoms with Crippen LogP contribution >= 0.6 is 0 Å². The average Bonchev–Trinajstić information content (AvgIpc) is 2.04. The topological polar surface area (TPSA) is 94.8 Å². The summed E-state index contributed by atoms with van der Waals surface area (Å²) in [6.07, 6.45) is 0. The van der Waals surface area contributed by atoms with E-state index >= 15 is 0 Å². The zero-order valence-electron chi connectivity index (χ0n) is 9.22. The van der Waals surface area contributed by atoms with Crippen LogP contribution in [-0.4, -0.2) is 23.2 Å². The molecule has 0 aliphatic rings. The molecule has 0 heterocycles. The Bertz CT molecular complexity index is 511. The summed E-state index contributed by atoms with van der Waals surface area (Å²) >= 11 is 0. The van der Waals surface area contributed by atoms with E-state index < -0.39 is 26.2 Å². The lowest BCUT2D eigenvalue weighted by Gasteiger charge is -2.21. The van der Waals surface area contributed by atoms with Crippen molar-refractivity contribution in [2.24, 2.45) is 0 Å².